The van der Waals surface area contributed by atoms with Crippen LogP contribution in [0.2, 0.25) is 0 Å². The van der Waals surface area contributed by atoms with Crippen LogP contribution in [-0.4, -0.2) is 41.0 Å². The Morgan fingerprint density at radius 3 is 2.83 bits per heavy atom. The van der Waals surface area contributed by atoms with E-state index in [2.05, 4.69) is 52.7 Å². The molecule has 3 aromatic rings. The van der Waals surface area contributed by atoms with Gasteiger partial charge in [0.1, 0.15) is 11.3 Å². The molecule has 0 N–H and O–H groups in total. The highest BCUT2D eigenvalue weighted by Gasteiger charge is 2.18. The first-order chi connectivity index (χ1) is 11.2. The summed E-state index contributed by atoms with van der Waals surface area (Å²) >= 11 is 0. The van der Waals surface area contributed by atoms with Gasteiger partial charge < -0.3 is 14.0 Å². The highest BCUT2D eigenvalue weighted by molar-refractivity contribution is 5.84. The Kier molecular flexibility index (Phi) is 3.69. The fourth-order valence-electron chi connectivity index (χ4n) is 3.43. The van der Waals surface area contributed by atoms with Crippen LogP contribution in [0.4, 0.5) is 0 Å². The number of piperidine rings is 1. The van der Waals surface area contributed by atoms with Crippen LogP contribution in [0.3, 0.4) is 0 Å². The molecule has 4 heteroatoms. The molecule has 0 bridgehead atoms. The maximum absolute atomic E-state index is 6.16. The van der Waals surface area contributed by atoms with Gasteiger partial charge in [0.15, 0.2) is 0 Å². The van der Waals surface area contributed by atoms with Gasteiger partial charge in [0.05, 0.1) is 23.8 Å². The van der Waals surface area contributed by atoms with E-state index in [0.29, 0.717) is 5.92 Å². The maximum atomic E-state index is 6.16. The summed E-state index contributed by atoms with van der Waals surface area (Å²) in [5.41, 5.74) is 4.46. The van der Waals surface area contributed by atoms with Crippen molar-refractivity contribution < 1.29 is 4.74 Å². The third-order valence-electron chi connectivity index (χ3n) is 5.00. The number of likely N-dealkylation sites (tertiary alicyclic amines) is 1. The zero-order chi connectivity index (χ0) is 15.8. The van der Waals surface area contributed by atoms with Crippen LogP contribution in [0.5, 0.6) is 5.75 Å². The van der Waals surface area contributed by atoms with Crippen LogP contribution in [0, 0.1) is 12.8 Å². The summed E-state index contributed by atoms with van der Waals surface area (Å²) < 4.78 is 8.35. The van der Waals surface area contributed by atoms with Gasteiger partial charge in [-0.05, 0) is 69.6 Å². The monoisotopic (exact) mass is 309 g/mol. The molecule has 1 aliphatic heterocycles. The lowest BCUT2D eigenvalue weighted by Crippen LogP contribution is -2.32. The third kappa shape index (κ3) is 2.68. The lowest BCUT2D eigenvalue weighted by Gasteiger charge is -2.28. The summed E-state index contributed by atoms with van der Waals surface area (Å²) in [5, 5.41) is 0. The zero-order valence-electron chi connectivity index (χ0n) is 13.8. The van der Waals surface area contributed by atoms with E-state index in [1.807, 2.05) is 12.3 Å². The van der Waals surface area contributed by atoms with Crippen molar-refractivity contribution in [2.24, 2.45) is 5.92 Å². The molecule has 120 valence electrons. The fourth-order valence-corrected chi connectivity index (χ4v) is 3.43. The van der Waals surface area contributed by atoms with Crippen molar-refractivity contribution in [1.29, 1.82) is 0 Å². The number of nitrogens with zero attached hydrogens (tertiary/aromatic N) is 3. The molecule has 0 atom stereocenters. The van der Waals surface area contributed by atoms with E-state index in [1.54, 1.807) is 0 Å². The molecule has 0 spiro atoms. The number of benzene rings is 1. The topological polar surface area (TPSA) is 29.8 Å². The van der Waals surface area contributed by atoms with Gasteiger partial charge in [-0.15, -0.1) is 0 Å². The molecule has 23 heavy (non-hydrogen) atoms. The minimum Gasteiger partial charge on any atom is -0.491 e. The summed E-state index contributed by atoms with van der Waals surface area (Å²) in [4.78, 5) is 7.05. The highest BCUT2D eigenvalue weighted by Crippen LogP contribution is 2.27. The average Bonchev–Trinajstić information content (AvgIpc) is 2.96. The van der Waals surface area contributed by atoms with Gasteiger partial charge in [-0.25, -0.2) is 4.98 Å². The lowest BCUT2D eigenvalue weighted by molar-refractivity contribution is 0.161. The molecule has 0 unspecified atom stereocenters. The van der Waals surface area contributed by atoms with E-state index in [4.69, 9.17) is 4.74 Å². The van der Waals surface area contributed by atoms with E-state index in [0.717, 1.165) is 28.9 Å². The Labute approximate surface area is 136 Å². The van der Waals surface area contributed by atoms with Crippen LogP contribution >= 0.6 is 0 Å². The van der Waals surface area contributed by atoms with Gasteiger partial charge in [-0.2, -0.15) is 0 Å². The molecule has 0 saturated carbocycles. The number of rotatable bonds is 3. The molecule has 3 heterocycles. The Balaban J connectivity index is 1.61. The predicted octanol–water partition coefficient (Wildman–Crippen LogP) is 3.52. The number of fused-ring (bicyclic) bond motifs is 3. The van der Waals surface area contributed by atoms with Crippen molar-refractivity contribution in [3.05, 3.63) is 42.2 Å². The van der Waals surface area contributed by atoms with Crippen LogP contribution in [0.25, 0.3) is 16.6 Å². The van der Waals surface area contributed by atoms with E-state index >= 15 is 0 Å². The number of hydrogen-bond donors (Lipinski definition) is 0. The summed E-state index contributed by atoms with van der Waals surface area (Å²) in [5.74, 6) is 1.55. The first kappa shape index (κ1) is 14.5. The van der Waals surface area contributed by atoms with Crippen molar-refractivity contribution in [3.63, 3.8) is 0 Å². The van der Waals surface area contributed by atoms with Gasteiger partial charge in [-0.1, -0.05) is 6.07 Å². The number of aromatic nitrogens is 2. The van der Waals surface area contributed by atoms with Crippen LogP contribution < -0.4 is 4.74 Å². The minimum atomic E-state index is 0.652. The van der Waals surface area contributed by atoms with Crippen LogP contribution in [0.1, 0.15) is 18.4 Å². The molecule has 1 fully saturated rings. The van der Waals surface area contributed by atoms with Gasteiger partial charge in [0, 0.05) is 6.20 Å². The molecule has 4 rings (SSSR count). The number of para-hydroxylation sites is 1. The van der Waals surface area contributed by atoms with Crippen LogP contribution in [-0.2, 0) is 0 Å². The molecule has 0 aliphatic carbocycles. The van der Waals surface area contributed by atoms with E-state index in [9.17, 15) is 0 Å². The molecular formula is C19H23N3O. The van der Waals surface area contributed by atoms with E-state index < -0.39 is 0 Å². The van der Waals surface area contributed by atoms with Crippen LogP contribution in [0.15, 0.2) is 36.7 Å². The summed E-state index contributed by atoms with van der Waals surface area (Å²) in [6.07, 6.45) is 6.49. The SMILES string of the molecule is Cc1ccn2c1cnc1c(OCC3CCN(C)CC3)cccc12. The number of ether oxygens (including phenoxy) is 1. The maximum Gasteiger partial charge on any atom is 0.147 e. The van der Waals surface area contributed by atoms with Crippen molar-refractivity contribution in [2.75, 3.05) is 26.7 Å². The molecule has 1 aromatic carbocycles. The Hall–Kier alpha value is -2.07. The van der Waals surface area contributed by atoms with Crippen molar-refractivity contribution >= 4 is 16.6 Å². The first-order valence-electron chi connectivity index (χ1n) is 8.39. The van der Waals surface area contributed by atoms with Gasteiger partial charge in [-0.3, -0.25) is 0 Å². The average molecular weight is 309 g/mol. The summed E-state index contributed by atoms with van der Waals surface area (Å²) in [6, 6.07) is 8.33. The van der Waals surface area contributed by atoms with Crippen molar-refractivity contribution in [2.45, 2.75) is 19.8 Å². The standard InChI is InChI=1S/C19H23N3O/c1-14-6-11-22-16-4-3-5-18(19(16)20-12-17(14)22)23-13-15-7-9-21(2)10-8-15/h3-6,11-12,15H,7-10,13H2,1-2H3. The predicted molar refractivity (Wildman–Crippen MR) is 93.2 cm³/mol. The fraction of sp³-hybridized carbons (Fsp3) is 0.421. The number of hydrogen-bond acceptors (Lipinski definition) is 3. The van der Waals surface area contributed by atoms with E-state index in [1.165, 1.54) is 31.5 Å². The second-order valence-corrected chi connectivity index (χ2v) is 6.69. The molecule has 2 aromatic heterocycles. The van der Waals surface area contributed by atoms with Gasteiger partial charge in [0.25, 0.3) is 0 Å². The molecule has 1 aliphatic rings. The quantitative estimate of drug-likeness (QED) is 0.741. The molecule has 1 saturated heterocycles. The molecular weight excluding hydrogens is 286 g/mol. The van der Waals surface area contributed by atoms with E-state index in [-0.39, 0.29) is 0 Å². The second kappa shape index (κ2) is 5.85. The highest BCUT2D eigenvalue weighted by atomic mass is 16.5. The minimum absolute atomic E-state index is 0.652. The molecule has 0 amide bonds. The molecule has 4 nitrogen and oxygen atoms in total. The van der Waals surface area contributed by atoms with Gasteiger partial charge in [0.2, 0.25) is 0 Å². The number of aryl methyl sites for hydroxylation is 1. The summed E-state index contributed by atoms with van der Waals surface area (Å²) in [7, 11) is 2.19. The zero-order valence-corrected chi connectivity index (χ0v) is 13.8. The normalized spacial score (nSPS) is 17.1. The second-order valence-electron chi connectivity index (χ2n) is 6.69. The third-order valence-corrected chi connectivity index (χ3v) is 5.00. The van der Waals surface area contributed by atoms with Gasteiger partial charge >= 0.3 is 0 Å². The van der Waals surface area contributed by atoms with Crippen molar-refractivity contribution in [3.8, 4) is 5.75 Å². The Morgan fingerprint density at radius 2 is 2.00 bits per heavy atom. The summed E-state index contributed by atoms with van der Waals surface area (Å²) in [6.45, 7) is 5.25. The Bertz CT molecular complexity index is 831. The largest absolute Gasteiger partial charge is 0.491 e. The Morgan fingerprint density at radius 1 is 1.17 bits per heavy atom. The molecule has 0 radical (unpaired) electrons. The first-order valence-corrected chi connectivity index (χ1v) is 8.39. The lowest BCUT2D eigenvalue weighted by atomic mass is 9.98. The smallest absolute Gasteiger partial charge is 0.147 e. The van der Waals surface area contributed by atoms with Crippen molar-refractivity contribution in [1.82, 2.24) is 14.3 Å².